The number of pyridine rings is 1. The second-order valence-electron chi connectivity index (χ2n) is 2.97. The first-order chi connectivity index (χ1) is 6.89. The van der Waals surface area contributed by atoms with Crippen LogP contribution >= 0.6 is 0 Å². The van der Waals surface area contributed by atoms with E-state index in [0.29, 0.717) is 6.20 Å². The Morgan fingerprint density at radius 3 is 2.60 bits per heavy atom. The molecule has 0 radical (unpaired) electrons. The van der Waals surface area contributed by atoms with E-state index in [2.05, 4.69) is 4.98 Å². The quantitative estimate of drug-likeness (QED) is 0.847. The van der Waals surface area contributed by atoms with Crippen molar-refractivity contribution < 1.29 is 23.1 Å². The molecule has 82 valence electrons. The summed E-state index contributed by atoms with van der Waals surface area (Å²) in [4.78, 5) is 13.6. The number of aliphatic carboxylic acids is 1. The maximum atomic E-state index is 12.2. The summed E-state index contributed by atoms with van der Waals surface area (Å²) < 4.78 is 36.6. The smallest absolute Gasteiger partial charge is 0.417 e. The molecule has 0 amide bonds. The first kappa shape index (κ1) is 11.5. The van der Waals surface area contributed by atoms with Gasteiger partial charge < -0.3 is 5.11 Å². The van der Waals surface area contributed by atoms with Crippen molar-refractivity contribution in [1.29, 1.82) is 0 Å². The molecular formula is C9H8F3NO2. The third kappa shape index (κ3) is 3.57. The van der Waals surface area contributed by atoms with Crippen molar-refractivity contribution in [3.05, 3.63) is 29.6 Å². The second-order valence-corrected chi connectivity index (χ2v) is 2.97. The largest absolute Gasteiger partial charge is 0.481 e. The highest BCUT2D eigenvalue weighted by Crippen LogP contribution is 2.28. The van der Waals surface area contributed by atoms with Gasteiger partial charge in [0.05, 0.1) is 5.56 Å². The molecule has 0 spiro atoms. The summed E-state index contributed by atoms with van der Waals surface area (Å²) in [5.41, 5.74) is -0.586. The van der Waals surface area contributed by atoms with E-state index in [9.17, 15) is 18.0 Å². The summed E-state index contributed by atoms with van der Waals surface area (Å²) in [6, 6.07) is 0.913. The van der Waals surface area contributed by atoms with E-state index in [-0.39, 0.29) is 18.4 Å². The molecular weight excluding hydrogens is 211 g/mol. The molecule has 0 saturated heterocycles. The Morgan fingerprint density at radius 2 is 2.07 bits per heavy atom. The van der Waals surface area contributed by atoms with E-state index < -0.39 is 17.7 Å². The van der Waals surface area contributed by atoms with Crippen molar-refractivity contribution in [2.75, 3.05) is 0 Å². The zero-order valence-corrected chi connectivity index (χ0v) is 7.58. The molecule has 1 aromatic heterocycles. The Morgan fingerprint density at radius 1 is 1.40 bits per heavy atom. The van der Waals surface area contributed by atoms with E-state index >= 15 is 0 Å². The average Bonchev–Trinajstić information content (AvgIpc) is 2.14. The summed E-state index contributed by atoms with van der Waals surface area (Å²) in [6.45, 7) is 0. The van der Waals surface area contributed by atoms with Crippen molar-refractivity contribution >= 4 is 5.97 Å². The van der Waals surface area contributed by atoms with Gasteiger partial charge in [-0.3, -0.25) is 9.78 Å². The lowest BCUT2D eigenvalue weighted by Crippen LogP contribution is -2.07. The number of alkyl halides is 3. The number of carboxylic acids is 1. The average molecular weight is 219 g/mol. The van der Waals surface area contributed by atoms with Crippen LogP contribution in [0.2, 0.25) is 0 Å². The molecule has 3 nitrogen and oxygen atoms in total. The molecule has 0 aliphatic heterocycles. The van der Waals surface area contributed by atoms with Crippen LogP contribution in [0, 0.1) is 0 Å². The van der Waals surface area contributed by atoms with Crippen LogP contribution in [-0.4, -0.2) is 16.1 Å². The maximum Gasteiger partial charge on any atom is 0.417 e. The highest BCUT2D eigenvalue weighted by molar-refractivity contribution is 5.67. The van der Waals surface area contributed by atoms with Crippen molar-refractivity contribution in [1.82, 2.24) is 4.98 Å². The van der Waals surface area contributed by atoms with Crippen LogP contribution in [-0.2, 0) is 17.4 Å². The van der Waals surface area contributed by atoms with Gasteiger partial charge >= 0.3 is 12.1 Å². The van der Waals surface area contributed by atoms with Crippen LogP contribution in [0.1, 0.15) is 17.5 Å². The van der Waals surface area contributed by atoms with Crippen LogP contribution in [0.25, 0.3) is 0 Å². The lowest BCUT2D eigenvalue weighted by molar-refractivity contribution is -0.138. The molecule has 1 rings (SSSR count). The van der Waals surface area contributed by atoms with Crippen LogP contribution in [0.4, 0.5) is 13.2 Å². The van der Waals surface area contributed by atoms with Gasteiger partial charge in [-0.05, 0) is 18.1 Å². The fourth-order valence-electron chi connectivity index (χ4n) is 1.03. The van der Waals surface area contributed by atoms with E-state index in [0.717, 1.165) is 6.07 Å². The summed E-state index contributed by atoms with van der Waals surface area (Å²) in [6.07, 6.45) is -2.65. The van der Waals surface area contributed by atoms with Gasteiger partial charge in [-0.15, -0.1) is 0 Å². The first-order valence-corrected chi connectivity index (χ1v) is 4.12. The Kier molecular flexibility index (Phi) is 3.28. The van der Waals surface area contributed by atoms with Crippen molar-refractivity contribution in [3.63, 3.8) is 0 Å². The minimum atomic E-state index is -4.44. The normalized spacial score (nSPS) is 11.4. The highest BCUT2D eigenvalue weighted by Gasteiger charge is 2.30. The number of carboxylic acid groups (broad SMARTS) is 1. The fourth-order valence-corrected chi connectivity index (χ4v) is 1.03. The minimum Gasteiger partial charge on any atom is -0.481 e. The predicted octanol–water partition coefficient (Wildman–Crippen LogP) is 2.12. The SMILES string of the molecule is O=C(O)CCc1cncc(C(F)(F)F)c1. The Balaban J connectivity index is 2.79. The van der Waals surface area contributed by atoms with Crippen LogP contribution in [0.3, 0.4) is 0 Å². The van der Waals surface area contributed by atoms with Gasteiger partial charge in [0.1, 0.15) is 0 Å². The lowest BCUT2D eigenvalue weighted by atomic mass is 10.1. The van der Waals surface area contributed by atoms with Crippen LogP contribution in [0.15, 0.2) is 18.5 Å². The zero-order chi connectivity index (χ0) is 11.5. The number of rotatable bonds is 3. The van der Waals surface area contributed by atoms with E-state index in [1.165, 1.54) is 6.20 Å². The number of aromatic nitrogens is 1. The fraction of sp³-hybridized carbons (Fsp3) is 0.333. The summed E-state index contributed by atoms with van der Waals surface area (Å²) in [5.74, 6) is -1.05. The molecule has 0 unspecified atom stereocenters. The number of nitrogens with zero attached hydrogens (tertiary/aromatic N) is 1. The standard InChI is InChI=1S/C9H8F3NO2/c10-9(11,12)7-3-6(4-13-5-7)1-2-8(14)15/h3-5H,1-2H2,(H,14,15). The molecule has 0 fully saturated rings. The molecule has 0 aliphatic rings. The maximum absolute atomic E-state index is 12.2. The molecule has 0 bridgehead atoms. The van der Waals surface area contributed by atoms with Gasteiger partial charge in [-0.25, -0.2) is 0 Å². The Hall–Kier alpha value is -1.59. The van der Waals surface area contributed by atoms with E-state index in [1.54, 1.807) is 0 Å². The Bertz CT molecular complexity index is 363. The summed E-state index contributed by atoms with van der Waals surface area (Å²) in [7, 11) is 0. The number of halogens is 3. The number of aryl methyl sites for hydroxylation is 1. The number of carbonyl (C=O) groups is 1. The Labute approximate surface area is 83.6 Å². The summed E-state index contributed by atoms with van der Waals surface area (Å²) >= 11 is 0. The lowest BCUT2D eigenvalue weighted by Gasteiger charge is -2.07. The van der Waals surface area contributed by atoms with Gasteiger partial charge in [0.25, 0.3) is 0 Å². The second kappa shape index (κ2) is 4.29. The molecule has 6 heteroatoms. The highest BCUT2D eigenvalue weighted by atomic mass is 19.4. The molecule has 15 heavy (non-hydrogen) atoms. The van der Waals surface area contributed by atoms with Gasteiger partial charge in [0.2, 0.25) is 0 Å². The van der Waals surface area contributed by atoms with Crippen molar-refractivity contribution in [2.24, 2.45) is 0 Å². The molecule has 1 heterocycles. The van der Waals surface area contributed by atoms with Gasteiger partial charge in [-0.1, -0.05) is 0 Å². The zero-order valence-electron chi connectivity index (χ0n) is 7.58. The van der Waals surface area contributed by atoms with E-state index in [1.807, 2.05) is 0 Å². The van der Waals surface area contributed by atoms with Gasteiger partial charge in [0.15, 0.2) is 0 Å². The van der Waals surface area contributed by atoms with Gasteiger partial charge in [-0.2, -0.15) is 13.2 Å². The molecule has 0 aliphatic carbocycles. The van der Waals surface area contributed by atoms with Crippen molar-refractivity contribution in [3.8, 4) is 0 Å². The summed E-state index contributed by atoms with van der Waals surface area (Å²) in [5, 5.41) is 8.36. The molecule has 0 aromatic carbocycles. The molecule has 1 aromatic rings. The number of hydrogen-bond acceptors (Lipinski definition) is 2. The molecule has 0 saturated carbocycles. The third-order valence-electron chi connectivity index (χ3n) is 1.75. The molecule has 1 N–H and O–H groups in total. The van der Waals surface area contributed by atoms with E-state index in [4.69, 9.17) is 5.11 Å². The predicted molar refractivity (Wildman–Crippen MR) is 45.2 cm³/mol. The van der Waals surface area contributed by atoms with Crippen molar-refractivity contribution in [2.45, 2.75) is 19.0 Å². The topological polar surface area (TPSA) is 50.2 Å². The van der Waals surface area contributed by atoms with Gasteiger partial charge in [0, 0.05) is 18.8 Å². The first-order valence-electron chi connectivity index (χ1n) is 4.12. The minimum absolute atomic E-state index is 0.0479. The van der Waals surface area contributed by atoms with Crippen LogP contribution < -0.4 is 0 Å². The monoisotopic (exact) mass is 219 g/mol. The third-order valence-corrected chi connectivity index (χ3v) is 1.75. The molecule has 0 atom stereocenters. The number of hydrogen-bond donors (Lipinski definition) is 1. The van der Waals surface area contributed by atoms with Crippen LogP contribution in [0.5, 0.6) is 0 Å².